The van der Waals surface area contributed by atoms with Crippen molar-refractivity contribution in [3.05, 3.63) is 36.0 Å². The van der Waals surface area contributed by atoms with Crippen molar-refractivity contribution < 1.29 is 24.3 Å². The second kappa shape index (κ2) is 13.7. The molecule has 208 valence electrons. The Labute approximate surface area is 227 Å². The van der Waals surface area contributed by atoms with Gasteiger partial charge in [0, 0.05) is 30.1 Å². The molecule has 38 heavy (non-hydrogen) atoms. The maximum absolute atomic E-state index is 13.5. The normalized spacial score (nSPS) is 17.8. The van der Waals surface area contributed by atoms with E-state index in [1.807, 2.05) is 44.4 Å². The molecule has 3 amide bonds. The van der Waals surface area contributed by atoms with E-state index in [4.69, 9.17) is 5.73 Å². The lowest BCUT2D eigenvalue weighted by Crippen LogP contribution is -2.57. The van der Waals surface area contributed by atoms with Gasteiger partial charge in [0.25, 0.3) is 0 Å². The Hall–Kier alpha value is -3.05. The molecule has 10 nitrogen and oxygen atoms in total. The van der Waals surface area contributed by atoms with Gasteiger partial charge in [-0.05, 0) is 55.2 Å². The van der Waals surface area contributed by atoms with Gasteiger partial charge in [0.2, 0.25) is 17.7 Å². The summed E-state index contributed by atoms with van der Waals surface area (Å²) in [6, 6.07) is 4.09. The number of hydrogen-bond acceptors (Lipinski definition) is 6. The smallest absolute Gasteiger partial charge is 0.326 e. The zero-order valence-electron chi connectivity index (χ0n) is 22.2. The summed E-state index contributed by atoms with van der Waals surface area (Å²) in [5.74, 6) is -1.62. The van der Waals surface area contributed by atoms with Crippen molar-refractivity contribution in [1.29, 1.82) is 0 Å². The van der Waals surface area contributed by atoms with E-state index in [1.54, 1.807) is 6.20 Å². The lowest BCUT2D eigenvalue weighted by molar-refractivity contribution is -0.143. The third-order valence-corrected chi connectivity index (χ3v) is 7.48. The number of likely N-dealkylation sites (tertiary alicyclic amines) is 1. The molecule has 1 fully saturated rings. The summed E-state index contributed by atoms with van der Waals surface area (Å²) in [5.41, 5.74) is 7.84. The topological polar surface area (TPSA) is 158 Å². The first-order valence-corrected chi connectivity index (χ1v) is 14.4. The standard InChI is InChI=1S/C27H39N5O5S/c1-16(2)13-19(28)26(35)32-11-6-9-23(32)25(34)31-22(24(33)30-21(27(36)37)10-12-38-3)14-17-15-29-20-8-5-4-7-18(17)20/h4-5,7-8,15-16,19,21-23,29H,6,9-14,28H2,1-3H3,(H,30,33)(H,31,34)(H,36,37). The Bertz CT molecular complexity index is 1140. The highest BCUT2D eigenvalue weighted by Crippen LogP contribution is 2.22. The lowest BCUT2D eigenvalue weighted by Gasteiger charge is -2.29. The average molecular weight is 546 g/mol. The molecule has 0 aliphatic carbocycles. The molecule has 1 saturated heterocycles. The molecule has 2 heterocycles. The van der Waals surface area contributed by atoms with Crippen LogP contribution in [-0.4, -0.2) is 81.4 Å². The zero-order valence-corrected chi connectivity index (χ0v) is 23.1. The molecule has 1 aromatic carbocycles. The quantitative estimate of drug-likeness (QED) is 0.257. The van der Waals surface area contributed by atoms with Crippen LogP contribution in [0, 0.1) is 5.92 Å². The van der Waals surface area contributed by atoms with E-state index in [-0.39, 0.29) is 24.7 Å². The molecular weight excluding hydrogens is 506 g/mol. The van der Waals surface area contributed by atoms with Crippen molar-refractivity contribution >= 4 is 46.4 Å². The van der Waals surface area contributed by atoms with Gasteiger partial charge in [-0.3, -0.25) is 14.4 Å². The van der Waals surface area contributed by atoms with Crippen LogP contribution >= 0.6 is 11.8 Å². The fourth-order valence-electron chi connectivity index (χ4n) is 4.89. The second-order valence-electron chi connectivity index (χ2n) is 10.2. The van der Waals surface area contributed by atoms with Crippen molar-refractivity contribution in [2.75, 3.05) is 18.6 Å². The number of aromatic nitrogens is 1. The number of carboxylic acid groups (broad SMARTS) is 1. The number of nitrogens with zero attached hydrogens (tertiary/aromatic N) is 1. The Morgan fingerprint density at radius 1 is 1.18 bits per heavy atom. The number of hydrogen-bond donors (Lipinski definition) is 5. The summed E-state index contributed by atoms with van der Waals surface area (Å²) in [6.07, 6.45) is 5.71. The van der Waals surface area contributed by atoms with Crippen molar-refractivity contribution in [3.63, 3.8) is 0 Å². The maximum Gasteiger partial charge on any atom is 0.326 e. The minimum absolute atomic E-state index is 0.157. The van der Waals surface area contributed by atoms with E-state index in [1.165, 1.54) is 16.7 Å². The van der Waals surface area contributed by atoms with Crippen molar-refractivity contribution in [3.8, 4) is 0 Å². The van der Waals surface area contributed by atoms with Crippen LogP contribution in [0.5, 0.6) is 0 Å². The molecule has 3 rings (SSSR count). The number of rotatable bonds is 13. The first-order chi connectivity index (χ1) is 18.1. The Kier molecular flexibility index (Phi) is 10.6. The molecule has 4 atom stereocenters. The Morgan fingerprint density at radius 2 is 1.92 bits per heavy atom. The van der Waals surface area contributed by atoms with Crippen LogP contribution in [0.15, 0.2) is 30.5 Å². The van der Waals surface area contributed by atoms with Crippen LogP contribution in [-0.2, 0) is 25.6 Å². The number of para-hydroxylation sites is 1. The van der Waals surface area contributed by atoms with E-state index < -0.39 is 42.0 Å². The number of fused-ring (bicyclic) bond motifs is 1. The van der Waals surface area contributed by atoms with E-state index in [9.17, 15) is 24.3 Å². The summed E-state index contributed by atoms with van der Waals surface area (Å²) in [7, 11) is 0. The largest absolute Gasteiger partial charge is 0.480 e. The molecule has 0 bridgehead atoms. The number of aliphatic carboxylic acids is 1. The predicted octanol–water partition coefficient (Wildman–Crippen LogP) is 1.88. The van der Waals surface area contributed by atoms with Crippen molar-refractivity contribution in [2.45, 2.75) is 70.1 Å². The van der Waals surface area contributed by atoms with Gasteiger partial charge in [0.1, 0.15) is 18.1 Å². The van der Waals surface area contributed by atoms with Gasteiger partial charge in [-0.25, -0.2) is 4.79 Å². The number of carbonyl (C=O) groups excluding carboxylic acids is 3. The number of amides is 3. The van der Waals surface area contributed by atoms with Crippen LogP contribution < -0.4 is 16.4 Å². The molecule has 1 aromatic heterocycles. The number of nitrogens with two attached hydrogens (primary N) is 1. The maximum atomic E-state index is 13.5. The summed E-state index contributed by atoms with van der Waals surface area (Å²) in [6.45, 7) is 4.40. The van der Waals surface area contributed by atoms with Crippen LogP contribution in [0.4, 0.5) is 0 Å². The van der Waals surface area contributed by atoms with Crippen LogP contribution in [0.3, 0.4) is 0 Å². The van der Waals surface area contributed by atoms with E-state index in [0.717, 1.165) is 16.5 Å². The highest BCUT2D eigenvalue weighted by atomic mass is 32.2. The molecule has 4 unspecified atom stereocenters. The van der Waals surface area contributed by atoms with Gasteiger partial charge in [-0.15, -0.1) is 0 Å². The summed E-state index contributed by atoms with van der Waals surface area (Å²) in [5, 5.41) is 16.0. The third-order valence-electron chi connectivity index (χ3n) is 6.84. The second-order valence-corrected chi connectivity index (χ2v) is 11.2. The first kappa shape index (κ1) is 29.5. The Balaban J connectivity index is 1.81. The molecule has 0 radical (unpaired) electrons. The minimum atomic E-state index is -1.13. The Morgan fingerprint density at radius 3 is 2.61 bits per heavy atom. The number of carboxylic acids is 1. The van der Waals surface area contributed by atoms with E-state index in [2.05, 4.69) is 15.6 Å². The fourth-order valence-corrected chi connectivity index (χ4v) is 5.36. The van der Waals surface area contributed by atoms with Gasteiger partial charge in [0.15, 0.2) is 0 Å². The zero-order chi connectivity index (χ0) is 27.8. The summed E-state index contributed by atoms with van der Waals surface area (Å²) < 4.78 is 0. The van der Waals surface area contributed by atoms with Gasteiger partial charge in [-0.2, -0.15) is 11.8 Å². The molecular formula is C27H39N5O5S. The molecule has 0 spiro atoms. The summed E-state index contributed by atoms with van der Waals surface area (Å²) in [4.78, 5) is 56.3. The van der Waals surface area contributed by atoms with E-state index in [0.29, 0.717) is 31.6 Å². The first-order valence-electron chi connectivity index (χ1n) is 13.1. The molecule has 1 aliphatic heterocycles. The fraction of sp³-hybridized carbons (Fsp3) is 0.556. The number of H-pyrrole nitrogens is 1. The van der Waals surface area contributed by atoms with Crippen LogP contribution in [0.2, 0.25) is 0 Å². The SMILES string of the molecule is CSCCC(NC(=O)C(Cc1c[nH]c2ccccc12)NC(=O)C1CCCN1C(=O)C(N)CC(C)C)C(=O)O. The molecule has 6 N–H and O–H groups in total. The van der Waals surface area contributed by atoms with Crippen molar-refractivity contribution in [2.24, 2.45) is 11.7 Å². The van der Waals surface area contributed by atoms with Gasteiger partial charge >= 0.3 is 5.97 Å². The monoisotopic (exact) mass is 545 g/mol. The molecule has 1 aliphatic rings. The van der Waals surface area contributed by atoms with Gasteiger partial charge < -0.3 is 31.4 Å². The molecule has 2 aromatic rings. The van der Waals surface area contributed by atoms with Gasteiger partial charge in [0.05, 0.1) is 6.04 Å². The minimum Gasteiger partial charge on any atom is -0.480 e. The predicted molar refractivity (Wildman–Crippen MR) is 149 cm³/mol. The molecule has 0 saturated carbocycles. The van der Waals surface area contributed by atoms with Crippen LogP contribution in [0.1, 0.15) is 45.1 Å². The number of thioether (sulfide) groups is 1. The highest BCUT2D eigenvalue weighted by Gasteiger charge is 2.38. The molecule has 11 heteroatoms. The highest BCUT2D eigenvalue weighted by molar-refractivity contribution is 7.98. The summed E-state index contributed by atoms with van der Waals surface area (Å²) >= 11 is 1.49. The van der Waals surface area contributed by atoms with Crippen LogP contribution in [0.25, 0.3) is 10.9 Å². The number of nitrogens with one attached hydrogen (secondary N) is 3. The number of benzene rings is 1. The van der Waals surface area contributed by atoms with E-state index >= 15 is 0 Å². The number of carbonyl (C=O) groups is 4. The lowest BCUT2D eigenvalue weighted by atomic mass is 10.0. The number of aromatic amines is 1. The van der Waals surface area contributed by atoms with Crippen molar-refractivity contribution in [1.82, 2.24) is 20.5 Å². The third kappa shape index (κ3) is 7.50. The average Bonchev–Trinajstić information content (AvgIpc) is 3.52. The van der Waals surface area contributed by atoms with Gasteiger partial charge in [-0.1, -0.05) is 32.0 Å².